The van der Waals surface area contributed by atoms with E-state index in [1.54, 1.807) is 0 Å². The molecule has 112 valence electrons. The van der Waals surface area contributed by atoms with Crippen molar-refractivity contribution in [3.05, 3.63) is 35.5 Å². The molecule has 2 bridgehead atoms. The highest BCUT2D eigenvalue weighted by Gasteiger charge is 2.47. The molecule has 0 spiro atoms. The normalized spacial score (nSPS) is 32.3. The molecule has 4 unspecified atom stereocenters. The van der Waals surface area contributed by atoms with Gasteiger partial charge in [-0.25, -0.2) is 0 Å². The van der Waals surface area contributed by atoms with Crippen LogP contribution < -0.4 is 0 Å². The number of fused-ring (bicyclic) bond motifs is 6. The van der Waals surface area contributed by atoms with Crippen molar-refractivity contribution in [1.29, 1.82) is 0 Å². The summed E-state index contributed by atoms with van der Waals surface area (Å²) in [6, 6.07) is 9.11. The van der Waals surface area contributed by atoms with E-state index in [0.29, 0.717) is 17.9 Å². The van der Waals surface area contributed by atoms with Gasteiger partial charge in [-0.05, 0) is 43.5 Å². The van der Waals surface area contributed by atoms with E-state index < -0.39 is 0 Å². The third kappa shape index (κ3) is 1.74. The number of aliphatic hydroxyl groups is 1. The molecule has 4 atom stereocenters. The van der Waals surface area contributed by atoms with E-state index in [-0.39, 0.29) is 12.5 Å². The van der Waals surface area contributed by atoms with Gasteiger partial charge in [0.25, 0.3) is 0 Å². The van der Waals surface area contributed by atoms with Crippen molar-refractivity contribution in [2.45, 2.75) is 31.7 Å². The molecule has 1 aliphatic carbocycles. The largest absolute Gasteiger partial charge is 0.396 e. The van der Waals surface area contributed by atoms with E-state index in [1.807, 2.05) is 0 Å². The van der Waals surface area contributed by atoms with Crippen molar-refractivity contribution in [3.63, 3.8) is 0 Å². The molecular weight excluding hydrogens is 260 g/mol. The van der Waals surface area contributed by atoms with Crippen molar-refractivity contribution in [3.8, 4) is 0 Å². The van der Waals surface area contributed by atoms with Gasteiger partial charge in [0.15, 0.2) is 0 Å². The number of para-hydroxylation sites is 1. The number of likely N-dealkylation sites (tertiary alicyclic amines) is 1. The number of nitrogens with zero attached hydrogens (tertiary/aromatic N) is 1. The summed E-state index contributed by atoms with van der Waals surface area (Å²) in [5, 5.41) is 11.4. The van der Waals surface area contributed by atoms with Gasteiger partial charge in [0, 0.05) is 28.6 Å². The molecule has 2 aliphatic rings. The lowest BCUT2D eigenvalue weighted by atomic mass is 9.64. The first-order valence-corrected chi connectivity index (χ1v) is 8.17. The first-order chi connectivity index (χ1) is 10.3. The fourth-order valence-corrected chi connectivity index (χ4v) is 4.96. The minimum Gasteiger partial charge on any atom is -0.396 e. The van der Waals surface area contributed by atoms with E-state index in [9.17, 15) is 5.11 Å². The Balaban J connectivity index is 2.00. The number of aromatic nitrogens is 1. The van der Waals surface area contributed by atoms with Crippen molar-refractivity contribution in [2.75, 3.05) is 20.2 Å². The van der Waals surface area contributed by atoms with Gasteiger partial charge in [-0.1, -0.05) is 31.5 Å². The Hall–Kier alpha value is -1.32. The van der Waals surface area contributed by atoms with Crippen LogP contribution in [0, 0.1) is 11.8 Å². The molecule has 2 aromatic rings. The molecule has 1 aliphatic heterocycles. The number of aromatic amines is 1. The zero-order chi connectivity index (χ0) is 14.6. The summed E-state index contributed by atoms with van der Waals surface area (Å²) in [5.74, 6) is 1.55. The zero-order valence-electron chi connectivity index (χ0n) is 12.8. The van der Waals surface area contributed by atoms with Gasteiger partial charge in [0.2, 0.25) is 0 Å². The Morgan fingerprint density at radius 3 is 2.90 bits per heavy atom. The molecule has 21 heavy (non-hydrogen) atoms. The monoisotopic (exact) mass is 284 g/mol. The number of nitrogens with one attached hydrogen (secondary N) is 1. The fourth-order valence-electron chi connectivity index (χ4n) is 4.96. The second-order valence-electron chi connectivity index (χ2n) is 6.74. The van der Waals surface area contributed by atoms with Crippen molar-refractivity contribution < 1.29 is 5.11 Å². The number of benzene rings is 1. The molecule has 3 heteroatoms. The summed E-state index contributed by atoms with van der Waals surface area (Å²) < 4.78 is 0. The Labute approximate surface area is 126 Å². The molecule has 1 fully saturated rings. The quantitative estimate of drug-likeness (QED) is 0.888. The Kier molecular flexibility index (Phi) is 3.09. The van der Waals surface area contributed by atoms with Crippen LogP contribution in [0.2, 0.25) is 0 Å². The highest BCUT2D eigenvalue weighted by Crippen LogP contribution is 2.54. The van der Waals surface area contributed by atoms with E-state index in [1.165, 1.54) is 35.0 Å². The maximum atomic E-state index is 10.0. The standard InChI is InChI=1S/C18H24N2O/c1-3-11-12-8-9-20(2)18(11)16-13-6-4-5-7-15(13)19-17(16)14(12)10-21/h4-7,11-12,14,18-19,21H,3,8-10H2,1-2H3. The third-order valence-corrected chi connectivity index (χ3v) is 5.87. The highest BCUT2D eigenvalue weighted by molar-refractivity contribution is 5.86. The lowest BCUT2D eigenvalue weighted by Crippen LogP contribution is -2.47. The SMILES string of the molecule is CCC1C2CCN(C)C1c1c([nH]c3ccccc13)C2CO. The van der Waals surface area contributed by atoms with Crippen LogP contribution in [0.15, 0.2) is 24.3 Å². The molecule has 0 amide bonds. The smallest absolute Gasteiger partial charge is 0.0516 e. The predicted octanol–water partition coefficient (Wildman–Crippen LogP) is 3.28. The van der Waals surface area contributed by atoms with Gasteiger partial charge >= 0.3 is 0 Å². The summed E-state index contributed by atoms with van der Waals surface area (Å²) >= 11 is 0. The summed E-state index contributed by atoms with van der Waals surface area (Å²) in [5.41, 5.74) is 3.97. The number of rotatable bonds is 2. The van der Waals surface area contributed by atoms with Crippen LogP contribution in [0.1, 0.15) is 43.0 Å². The molecule has 1 aromatic heterocycles. The molecule has 3 nitrogen and oxygen atoms in total. The molecular formula is C18H24N2O. The lowest BCUT2D eigenvalue weighted by molar-refractivity contribution is 0.0235. The van der Waals surface area contributed by atoms with E-state index in [4.69, 9.17) is 0 Å². The number of hydrogen-bond acceptors (Lipinski definition) is 2. The van der Waals surface area contributed by atoms with Gasteiger partial charge in [-0.2, -0.15) is 0 Å². The molecule has 1 saturated heterocycles. The Bertz CT molecular complexity index is 662. The summed E-state index contributed by atoms with van der Waals surface area (Å²) in [6.45, 7) is 3.71. The topological polar surface area (TPSA) is 39.3 Å². The average molecular weight is 284 g/mol. The van der Waals surface area contributed by atoms with Crippen LogP contribution in [0.25, 0.3) is 10.9 Å². The molecule has 0 saturated carbocycles. The van der Waals surface area contributed by atoms with Crippen LogP contribution >= 0.6 is 0 Å². The van der Waals surface area contributed by atoms with Crippen LogP contribution in [0.4, 0.5) is 0 Å². The fraction of sp³-hybridized carbons (Fsp3) is 0.556. The maximum absolute atomic E-state index is 10.0. The lowest BCUT2D eigenvalue weighted by Gasteiger charge is -2.50. The Morgan fingerprint density at radius 1 is 1.33 bits per heavy atom. The first-order valence-electron chi connectivity index (χ1n) is 8.17. The number of piperidine rings is 1. The van der Waals surface area contributed by atoms with Crippen molar-refractivity contribution in [1.82, 2.24) is 9.88 Å². The van der Waals surface area contributed by atoms with Gasteiger partial charge < -0.3 is 10.1 Å². The third-order valence-electron chi connectivity index (χ3n) is 5.87. The van der Waals surface area contributed by atoms with E-state index >= 15 is 0 Å². The number of aliphatic hydroxyl groups excluding tert-OH is 1. The molecule has 2 N–H and O–H groups in total. The Morgan fingerprint density at radius 2 is 2.14 bits per heavy atom. The van der Waals surface area contributed by atoms with Crippen molar-refractivity contribution >= 4 is 10.9 Å². The van der Waals surface area contributed by atoms with Gasteiger partial charge in [-0.3, -0.25) is 4.90 Å². The maximum Gasteiger partial charge on any atom is 0.0516 e. The summed E-state index contributed by atoms with van der Waals surface area (Å²) in [7, 11) is 2.26. The zero-order valence-corrected chi connectivity index (χ0v) is 12.8. The minimum absolute atomic E-state index is 0.261. The van der Waals surface area contributed by atoms with Crippen LogP contribution in [-0.4, -0.2) is 35.2 Å². The van der Waals surface area contributed by atoms with E-state index in [0.717, 1.165) is 6.54 Å². The number of hydrogen-bond donors (Lipinski definition) is 2. The second kappa shape index (κ2) is 4.85. The molecule has 4 rings (SSSR count). The van der Waals surface area contributed by atoms with Crippen molar-refractivity contribution in [2.24, 2.45) is 11.8 Å². The summed E-state index contributed by atoms with van der Waals surface area (Å²) in [6.07, 6.45) is 2.39. The number of H-pyrrole nitrogens is 1. The van der Waals surface area contributed by atoms with Gasteiger partial charge in [0.1, 0.15) is 0 Å². The minimum atomic E-state index is 0.261. The van der Waals surface area contributed by atoms with Crippen LogP contribution in [0.5, 0.6) is 0 Å². The average Bonchev–Trinajstić information content (AvgIpc) is 2.88. The predicted molar refractivity (Wildman–Crippen MR) is 85.4 cm³/mol. The molecule has 1 aromatic carbocycles. The molecule has 0 radical (unpaired) electrons. The molecule has 2 heterocycles. The highest BCUT2D eigenvalue weighted by atomic mass is 16.3. The summed E-state index contributed by atoms with van der Waals surface area (Å²) in [4.78, 5) is 6.15. The van der Waals surface area contributed by atoms with Gasteiger partial charge in [-0.15, -0.1) is 0 Å². The van der Waals surface area contributed by atoms with Gasteiger partial charge in [0.05, 0.1) is 6.61 Å². The second-order valence-corrected chi connectivity index (χ2v) is 6.74. The van der Waals surface area contributed by atoms with Crippen LogP contribution in [-0.2, 0) is 0 Å². The van der Waals surface area contributed by atoms with E-state index in [2.05, 4.69) is 48.1 Å². The van der Waals surface area contributed by atoms with Crippen LogP contribution in [0.3, 0.4) is 0 Å². The first kappa shape index (κ1) is 13.4.